The first-order chi connectivity index (χ1) is 29.7. The van der Waals surface area contributed by atoms with Gasteiger partial charge in [0, 0.05) is 16.7 Å². The van der Waals surface area contributed by atoms with E-state index in [0.717, 1.165) is 44.8 Å². The van der Waals surface area contributed by atoms with E-state index in [9.17, 15) is 0 Å². The summed E-state index contributed by atoms with van der Waals surface area (Å²) < 4.78 is 0. The first-order valence-electron chi connectivity index (χ1n) is 20.5. The Balaban J connectivity index is 1.06. The Morgan fingerprint density at radius 3 is 1.43 bits per heavy atom. The topological polar surface area (TPSA) is 25.8 Å². The van der Waals surface area contributed by atoms with E-state index < -0.39 is 0 Å². The first kappa shape index (κ1) is 35.2. The third-order valence-corrected chi connectivity index (χ3v) is 11.7. The maximum Gasteiger partial charge on any atom is 0.160 e. The van der Waals surface area contributed by atoms with Gasteiger partial charge < -0.3 is 0 Å². The van der Waals surface area contributed by atoms with E-state index in [1.165, 1.54) is 60.1 Å². The summed E-state index contributed by atoms with van der Waals surface area (Å²) in [6, 6.07) is 82.4. The highest BCUT2D eigenvalue weighted by Crippen LogP contribution is 2.41. The van der Waals surface area contributed by atoms with Crippen LogP contribution in [0.25, 0.3) is 111 Å². The van der Waals surface area contributed by atoms with Gasteiger partial charge in [-0.15, -0.1) is 0 Å². The maximum atomic E-state index is 5.29. The van der Waals surface area contributed by atoms with Crippen LogP contribution in [0.1, 0.15) is 0 Å². The van der Waals surface area contributed by atoms with Gasteiger partial charge in [-0.05, 0) is 95.0 Å². The molecule has 0 atom stereocenters. The molecule has 0 aliphatic heterocycles. The maximum absolute atomic E-state index is 5.29. The van der Waals surface area contributed by atoms with Gasteiger partial charge in [-0.1, -0.05) is 212 Å². The van der Waals surface area contributed by atoms with Crippen molar-refractivity contribution in [2.75, 3.05) is 0 Å². The van der Waals surface area contributed by atoms with E-state index in [0.29, 0.717) is 5.82 Å². The molecular weight excluding hydrogens is 725 g/mol. The second kappa shape index (κ2) is 15.1. The van der Waals surface area contributed by atoms with Gasteiger partial charge in [0.05, 0.1) is 11.4 Å². The van der Waals surface area contributed by atoms with Crippen LogP contribution in [0.5, 0.6) is 0 Å². The lowest BCUT2D eigenvalue weighted by Gasteiger charge is -2.15. The highest BCUT2D eigenvalue weighted by atomic mass is 14.9. The summed E-state index contributed by atoms with van der Waals surface area (Å²) in [4.78, 5) is 10.6. The summed E-state index contributed by atoms with van der Waals surface area (Å²) >= 11 is 0. The third kappa shape index (κ3) is 6.51. The minimum absolute atomic E-state index is 0.687. The van der Waals surface area contributed by atoms with Crippen LogP contribution in [0.2, 0.25) is 0 Å². The molecular formula is C58H38N2. The molecule has 0 amide bonds. The molecule has 0 saturated heterocycles. The van der Waals surface area contributed by atoms with Gasteiger partial charge in [-0.2, -0.15) is 0 Å². The minimum atomic E-state index is 0.687. The van der Waals surface area contributed by atoms with Crippen molar-refractivity contribution < 1.29 is 0 Å². The average molecular weight is 763 g/mol. The van der Waals surface area contributed by atoms with Gasteiger partial charge in [0.15, 0.2) is 5.82 Å². The lowest BCUT2D eigenvalue weighted by molar-refractivity contribution is 1.18. The molecule has 2 nitrogen and oxygen atoms in total. The number of hydrogen-bond donors (Lipinski definition) is 0. The number of nitrogens with zero attached hydrogens (tertiary/aromatic N) is 2. The van der Waals surface area contributed by atoms with E-state index in [2.05, 4.69) is 224 Å². The summed E-state index contributed by atoms with van der Waals surface area (Å²) in [6.07, 6.45) is 0. The summed E-state index contributed by atoms with van der Waals surface area (Å²) in [5, 5.41) is 7.51. The van der Waals surface area contributed by atoms with Crippen LogP contribution in [-0.2, 0) is 0 Å². The SMILES string of the molecule is c1ccc(-c2ccc(-c3nc(-c4ccc(-c5c6ccccc6cc6c5ccc5ccccc56)cc4)cc(-c4ccc(-c5ccccc5)c(-c5ccccc5)c4)n3)cc2)cc1. The molecule has 0 bridgehead atoms. The van der Waals surface area contributed by atoms with Crippen LogP contribution < -0.4 is 0 Å². The van der Waals surface area contributed by atoms with Gasteiger partial charge in [-0.3, -0.25) is 0 Å². The zero-order valence-electron chi connectivity index (χ0n) is 32.8. The zero-order chi connectivity index (χ0) is 39.8. The van der Waals surface area contributed by atoms with Crippen LogP contribution in [0.4, 0.5) is 0 Å². The second-order valence-corrected chi connectivity index (χ2v) is 15.3. The van der Waals surface area contributed by atoms with Gasteiger partial charge in [-0.25, -0.2) is 9.97 Å². The fourth-order valence-corrected chi connectivity index (χ4v) is 8.68. The normalized spacial score (nSPS) is 11.3. The predicted octanol–water partition coefficient (Wildman–Crippen LogP) is 15.6. The van der Waals surface area contributed by atoms with Crippen molar-refractivity contribution in [3.05, 3.63) is 231 Å². The Kier molecular flexibility index (Phi) is 8.87. The Bertz CT molecular complexity index is 3320. The molecule has 1 heterocycles. The van der Waals surface area contributed by atoms with E-state index in [1.54, 1.807) is 0 Å². The lowest BCUT2D eigenvalue weighted by atomic mass is 9.89. The van der Waals surface area contributed by atoms with Crippen LogP contribution in [0.3, 0.4) is 0 Å². The quantitative estimate of drug-likeness (QED) is 0.119. The van der Waals surface area contributed by atoms with Gasteiger partial charge in [0.25, 0.3) is 0 Å². The molecule has 0 unspecified atom stereocenters. The number of rotatable bonds is 7. The van der Waals surface area contributed by atoms with Crippen LogP contribution in [0, 0.1) is 0 Å². The molecule has 10 aromatic carbocycles. The molecule has 0 aliphatic rings. The van der Waals surface area contributed by atoms with E-state index in [-0.39, 0.29) is 0 Å². The predicted molar refractivity (Wildman–Crippen MR) is 253 cm³/mol. The molecule has 0 radical (unpaired) electrons. The zero-order valence-corrected chi connectivity index (χ0v) is 32.8. The molecule has 1 aromatic heterocycles. The van der Waals surface area contributed by atoms with Crippen LogP contribution in [0.15, 0.2) is 231 Å². The summed E-state index contributed by atoms with van der Waals surface area (Å²) in [5.74, 6) is 0.687. The Hall–Kier alpha value is -7.94. The van der Waals surface area contributed by atoms with Crippen molar-refractivity contribution in [3.8, 4) is 78.4 Å². The average Bonchev–Trinajstić information content (AvgIpc) is 3.34. The Labute approximate surface area is 349 Å². The molecule has 0 aliphatic carbocycles. The largest absolute Gasteiger partial charge is 0.228 e. The molecule has 0 fully saturated rings. The minimum Gasteiger partial charge on any atom is -0.228 e. The first-order valence-corrected chi connectivity index (χ1v) is 20.5. The fraction of sp³-hybridized carbons (Fsp3) is 0. The third-order valence-electron chi connectivity index (χ3n) is 11.7. The molecule has 0 spiro atoms. The van der Waals surface area contributed by atoms with E-state index in [1.807, 2.05) is 6.07 Å². The molecule has 0 N–H and O–H groups in total. The van der Waals surface area contributed by atoms with Crippen molar-refractivity contribution in [1.29, 1.82) is 0 Å². The second-order valence-electron chi connectivity index (χ2n) is 15.3. The fourth-order valence-electron chi connectivity index (χ4n) is 8.68. The Morgan fingerprint density at radius 1 is 0.233 bits per heavy atom. The van der Waals surface area contributed by atoms with Crippen molar-refractivity contribution in [2.45, 2.75) is 0 Å². The number of aromatic nitrogens is 2. The summed E-state index contributed by atoms with van der Waals surface area (Å²) in [7, 11) is 0. The van der Waals surface area contributed by atoms with Crippen molar-refractivity contribution in [1.82, 2.24) is 9.97 Å². The van der Waals surface area contributed by atoms with Crippen molar-refractivity contribution in [3.63, 3.8) is 0 Å². The summed E-state index contributed by atoms with van der Waals surface area (Å²) in [5.41, 5.74) is 14.2. The number of hydrogen-bond acceptors (Lipinski definition) is 2. The number of benzene rings is 10. The highest BCUT2D eigenvalue weighted by molar-refractivity contribution is 6.20. The number of fused-ring (bicyclic) bond motifs is 4. The molecule has 60 heavy (non-hydrogen) atoms. The Morgan fingerprint density at radius 2 is 0.733 bits per heavy atom. The van der Waals surface area contributed by atoms with Gasteiger partial charge >= 0.3 is 0 Å². The highest BCUT2D eigenvalue weighted by Gasteiger charge is 2.16. The van der Waals surface area contributed by atoms with Crippen LogP contribution in [-0.4, -0.2) is 9.97 Å². The standard InChI is InChI=1S/C58H38N2/c1-4-14-39(15-5-1)40-24-30-46(31-25-40)58-59-55(38-56(60-58)48-33-34-50(41-16-6-2-7-17-41)53(37-48)42-18-8-3-9-19-42)44-26-28-45(29-27-44)57-51-23-13-11-21-47(51)36-54-49-22-12-10-20-43(49)32-35-52(54)57/h1-38H. The molecule has 280 valence electrons. The van der Waals surface area contributed by atoms with Crippen molar-refractivity contribution in [2.24, 2.45) is 0 Å². The van der Waals surface area contributed by atoms with E-state index in [4.69, 9.17) is 9.97 Å². The van der Waals surface area contributed by atoms with Crippen molar-refractivity contribution >= 4 is 32.3 Å². The molecule has 2 heteroatoms. The van der Waals surface area contributed by atoms with Gasteiger partial charge in [0.1, 0.15) is 0 Å². The van der Waals surface area contributed by atoms with Crippen LogP contribution >= 0.6 is 0 Å². The monoisotopic (exact) mass is 762 g/mol. The molecule has 0 saturated carbocycles. The summed E-state index contributed by atoms with van der Waals surface area (Å²) in [6.45, 7) is 0. The van der Waals surface area contributed by atoms with Gasteiger partial charge in [0.2, 0.25) is 0 Å². The lowest BCUT2D eigenvalue weighted by Crippen LogP contribution is -1.97. The molecule has 11 aromatic rings. The van der Waals surface area contributed by atoms with E-state index >= 15 is 0 Å². The molecule has 11 rings (SSSR count). The smallest absolute Gasteiger partial charge is 0.160 e.